The molecule has 0 spiro atoms. The first-order valence-corrected chi connectivity index (χ1v) is 8.29. The third kappa shape index (κ3) is 3.18. The Morgan fingerprint density at radius 2 is 2.00 bits per heavy atom. The number of ether oxygens (including phenoxy) is 2. The van der Waals surface area contributed by atoms with E-state index in [4.69, 9.17) is 9.47 Å². The van der Waals surface area contributed by atoms with Crippen LogP contribution in [0.4, 0.5) is 0 Å². The summed E-state index contributed by atoms with van der Waals surface area (Å²) >= 11 is 0. The highest BCUT2D eigenvalue weighted by Crippen LogP contribution is 2.41. The van der Waals surface area contributed by atoms with Gasteiger partial charge in [-0.05, 0) is 32.8 Å². The van der Waals surface area contributed by atoms with Gasteiger partial charge in [-0.25, -0.2) is 4.79 Å². The topological polar surface area (TPSA) is 84.9 Å². The predicted molar refractivity (Wildman–Crippen MR) is 87.3 cm³/mol. The van der Waals surface area contributed by atoms with E-state index in [-0.39, 0.29) is 12.2 Å². The van der Waals surface area contributed by atoms with Gasteiger partial charge < -0.3 is 19.9 Å². The highest BCUT2D eigenvalue weighted by atomic mass is 16.5. The minimum atomic E-state index is -1.14. The van der Waals surface area contributed by atoms with Crippen LogP contribution < -0.4 is 14.8 Å². The van der Waals surface area contributed by atoms with Crippen LogP contribution in [0.15, 0.2) is 18.2 Å². The number of aliphatic carboxylic acids is 1. The lowest BCUT2D eigenvalue weighted by Crippen LogP contribution is -2.53. The largest absolute Gasteiger partial charge is 0.483 e. The van der Waals surface area contributed by atoms with E-state index in [1.807, 2.05) is 26.0 Å². The van der Waals surface area contributed by atoms with Gasteiger partial charge in [0.1, 0.15) is 11.1 Å². The zero-order valence-electron chi connectivity index (χ0n) is 14.1. The second kappa shape index (κ2) is 6.00. The molecule has 6 heteroatoms. The Morgan fingerprint density at radius 1 is 1.29 bits per heavy atom. The van der Waals surface area contributed by atoms with Crippen molar-refractivity contribution in [3.8, 4) is 11.5 Å². The molecule has 1 aromatic carbocycles. The molecule has 0 radical (unpaired) electrons. The van der Waals surface area contributed by atoms with E-state index in [2.05, 4.69) is 5.32 Å². The maximum atomic E-state index is 12.2. The normalized spacial score (nSPS) is 20.1. The molecule has 3 rings (SSSR count). The van der Waals surface area contributed by atoms with Gasteiger partial charge in [-0.3, -0.25) is 4.79 Å². The van der Waals surface area contributed by atoms with Crippen LogP contribution in [0.3, 0.4) is 0 Å². The molecule has 0 atom stereocenters. The summed E-state index contributed by atoms with van der Waals surface area (Å²) in [5.74, 6) is -0.207. The predicted octanol–water partition coefficient (Wildman–Crippen LogP) is 2.29. The average Bonchev–Trinajstić information content (AvgIpc) is 3.08. The Bertz CT molecular complexity index is 661. The monoisotopic (exact) mass is 333 g/mol. The summed E-state index contributed by atoms with van der Waals surface area (Å²) in [7, 11) is 0. The molecule has 0 bridgehead atoms. The lowest BCUT2D eigenvalue weighted by atomic mass is 9.98. The summed E-state index contributed by atoms with van der Waals surface area (Å²) in [5, 5.41) is 12.0. The second-order valence-corrected chi connectivity index (χ2v) is 7.21. The molecule has 1 amide bonds. The van der Waals surface area contributed by atoms with Gasteiger partial charge in [0.05, 0.1) is 0 Å². The van der Waals surface area contributed by atoms with Gasteiger partial charge in [0, 0.05) is 12.0 Å². The van der Waals surface area contributed by atoms with Crippen molar-refractivity contribution in [2.45, 2.75) is 57.1 Å². The molecule has 1 aliphatic heterocycles. The van der Waals surface area contributed by atoms with Crippen LogP contribution >= 0.6 is 0 Å². The summed E-state index contributed by atoms with van der Waals surface area (Å²) in [6, 6.07) is 5.61. The van der Waals surface area contributed by atoms with E-state index < -0.39 is 17.4 Å². The van der Waals surface area contributed by atoms with Crippen molar-refractivity contribution in [2.24, 2.45) is 0 Å². The Labute approximate surface area is 141 Å². The molecular weight excluding hydrogens is 310 g/mol. The first kappa shape index (κ1) is 16.6. The van der Waals surface area contributed by atoms with Gasteiger partial charge in [0.2, 0.25) is 0 Å². The van der Waals surface area contributed by atoms with Gasteiger partial charge in [0.15, 0.2) is 18.1 Å². The van der Waals surface area contributed by atoms with Crippen LogP contribution in [0.1, 0.15) is 45.1 Å². The number of carbonyl (C=O) groups excluding carboxylic acids is 1. The van der Waals surface area contributed by atoms with E-state index in [1.54, 1.807) is 6.07 Å². The van der Waals surface area contributed by atoms with Gasteiger partial charge in [0.25, 0.3) is 5.91 Å². The second-order valence-electron chi connectivity index (χ2n) is 7.21. The van der Waals surface area contributed by atoms with Crippen LogP contribution in [0.25, 0.3) is 0 Å². The number of hydrogen-bond acceptors (Lipinski definition) is 4. The molecule has 2 aliphatic rings. The van der Waals surface area contributed by atoms with Crippen molar-refractivity contribution < 1.29 is 24.2 Å². The van der Waals surface area contributed by atoms with Gasteiger partial charge in [-0.1, -0.05) is 25.0 Å². The minimum absolute atomic E-state index is 0.227. The number of rotatable bonds is 5. The van der Waals surface area contributed by atoms with Crippen LogP contribution in [0.5, 0.6) is 11.5 Å². The van der Waals surface area contributed by atoms with Crippen molar-refractivity contribution in [2.75, 3.05) is 6.61 Å². The molecule has 0 saturated heterocycles. The van der Waals surface area contributed by atoms with E-state index >= 15 is 0 Å². The quantitative estimate of drug-likeness (QED) is 0.863. The first-order chi connectivity index (χ1) is 11.3. The fraction of sp³-hybridized carbons (Fsp3) is 0.556. The van der Waals surface area contributed by atoms with E-state index in [1.165, 1.54) is 0 Å². The number of carbonyl (C=O) groups is 2. The summed E-state index contributed by atoms with van der Waals surface area (Å²) < 4.78 is 11.5. The zero-order chi connectivity index (χ0) is 17.4. The molecule has 6 nitrogen and oxygen atoms in total. The van der Waals surface area contributed by atoms with E-state index in [9.17, 15) is 14.7 Å². The van der Waals surface area contributed by atoms with Crippen molar-refractivity contribution in [3.05, 3.63) is 23.8 Å². The molecule has 1 fully saturated rings. The fourth-order valence-electron chi connectivity index (χ4n) is 3.52. The highest BCUT2D eigenvalue weighted by Gasteiger charge is 2.42. The average molecular weight is 333 g/mol. The maximum Gasteiger partial charge on any atom is 0.329 e. The Morgan fingerprint density at radius 3 is 2.67 bits per heavy atom. The molecule has 2 N–H and O–H groups in total. The lowest BCUT2D eigenvalue weighted by Gasteiger charge is -2.25. The molecule has 24 heavy (non-hydrogen) atoms. The van der Waals surface area contributed by atoms with Crippen LogP contribution in [0, 0.1) is 0 Å². The van der Waals surface area contributed by atoms with Crippen LogP contribution in [-0.4, -0.2) is 34.7 Å². The molecule has 1 aliphatic carbocycles. The molecule has 1 aromatic rings. The Kier molecular flexibility index (Phi) is 4.15. The molecule has 0 unspecified atom stereocenters. The third-order valence-corrected chi connectivity index (χ3v) is 4.66. The van der Waals surface area contributed by atoms with Gasteiger partial charge in [-0.2, -0.15) is 0 Å². The summed E-state index contributed by atoms with van der Waals surface area (Å²) in [6.07, 6.45) is 3.33. The summed E-state index contributed by atoms with van der Waals surface area (Å²) in [6.45, 7) is 3.77. The van der Waals surface area contributed by atoms with Gasteiger partial charge in [-0.15, -0.1) is 0 Å². The minimum Gasteiger partial charge on any atom is -0.483 e. The number of carboxylic acids is 1. The first-order valence-electron chi connectivity index (χ1n) is 8.29. The zero-order valence-corrected chi connectivity index (χ0v) is 14.1. The maximum absolute atomic E-state index is 12.2. The smallest absolute Gasteiger partial charge is 0.329 e. The van der Waals surface area contributed by atoms with Crippen molar-refractivity contribution >= 4 is 11.9 Å². The summed E-state index contributed by atoms with van der Waals surface area (Å²) in [5.41, 5.74) is -0.380. The molecular formula is C18H23NO5. The van der Waals surface area contributed by atoms with Crippen LogP contribution in [0.2, 0.25) is 0 Å². The molecule has 0 aromatic heterocycles. The van der Waals surface area contributed by atoms with Crippen molar-refractivity contribution in [3.63, 3.8) is 0 Å². The van der Waals surface area contributed by atoms with Crippen molar-refractivity contribution in [1.82, 2.24) is 5.32 Å². The number of carboxylic acid groups (broad SMARTS) is 1. The Balaban J connectivity index is 1.64. The number of amides is 1. The molecule has 1 heterocycles. The Hall–Kier alpha value is -2.24. The fourth-order valence-corrected chi connectivity index (χ4v) is 3.52. The highest BCUT2D eigenvalue weighted by molar-refractivity contribution is 5.88. The molecule has 1 saturated carbocycles. The number of para-hydroxylation sites is 1. The van der Waals surface area contributed by atoms with Crippen LogP contribution in [-0.2, 0) is 16.0 Å². The number of nitrogens with one attached hydrogen (secondary N) is 1. The van der Waals surface area contributed by atoms with Gasteiger partial charge >= 0.3 is 5.97 Å². The van der Waals surface area contributed by atoms with E-state index in [0.717, 1.165) is 24.8 Å². The number of hydrogen-bond donors (Lipinski definition) is 2. The van der Waals surface area contributed by atoms with E-state index in [0.29, 0.717) is 24.3 Å². The standard InChI is InChI=1S/C18H23NO5/c1-17(2)10-12-6-5-7-13(15(12)24-17)23-11-14(20)19-18(16(21)22)8-3-4-9-18/h5-7H,3-4,8-11H2,1-2H3,(H,19,20)(H,21,22). The number of fused-ring (bicyclic) bond motifs is 1. The summed E-state index contributed by atoms with van der Waals surface area (Å²) in [4.78, 5) is 23.7. The SMILES string of the molecule is CC1(C)Cc2cccc(OCC(=O)NC3(C(=O)O)CCCC3)c2O1. The lowest BCUT2D eigenvalue weighted by molar-refractivity contribution is -0.147. The van der Waals surface area contributed by atoms with Crippen molar-refractivity contribution in [1.29, 1.82) is 0 Å². The third-order valence-electron chi connectivity index (χ3n) is 4.66. The molecule has 130 valence electrons. The number of benzene rings is 1.